The van der Waals surface area contributed by atoms with Crippen LogP contribution in [0.3, 0.4) is 0 Å². The van der Waals surface area contributed by atoms with E-state index in [9.17, 15) is 4.79 Å². The molecule has 106 valence electrons. The van der Waals surface area contributed by atoms with Crippen LogP contribution in [-0.2, 0) is 9.47 Å². The van der Waals surface area contributed by atoms with E-state index in [1.54, 1.807) is 0 Å². The summed E-state index contributed by atoms with van der Waals surface area (Å²) in [7, 11) is 0. The molecule has 0 saturated carbocycles. The second-order valence-corrected chi connectivity index (χ2v) is 6.02. The molecule has 1 aliphatic rings. The smallest absolute Gasteiger partial charge is 0.261 e. The third-order valence-electron chi connectivity index (χ3n) is 3.04. The number of carbonyl (C=O) groups is 1. The molecule has 1 N–H and O–H groups in total. The predicted molar refractivity (Wildman–Crippen MR) is 75.8 cm³/mol. The molecule has 1 aromatic heterocycles. The van der Waals surface area contributed by atoms with Crippen molar-refractivity contribution >= 4 is 17.2 Å². The monoisotopic (exact) mass is 283 g/mol. The zero-order chi connectivity index (χ0) is 13.5. The molecule has 0 aliphatic carbocycles. The first-order chi connectivity index (χ1) is 9.25. The number of thiophene rings is 1. The molecule has 4 nitrogen and oxygen atoms in total. The van der Waals surface area contributed by atoms with Crippen LogP contribution in [0.4, 0.5) is 0 Å². The first-order valence-electron chi connectivity index (χ1n) is 6.79. The third kappa shape index (κ3) is 4.93. The first kappa shape index (κ1) is 14.5. The van der Waals surface area contributed by atoms with Crippen molar-refractivity contribution in [3.63, 3.8) is 0 Å². The van der Waals surface area contributed by atoms with Crippen molar-refractivity contribution in [1.29, 1.82) is 0 Å². The minimum atomic E-state index is 0.0113. The second-order valence-electron chi connectivity index (χ2n) is 4.73. The molecule has 1 unspecified atom stereocenters. The molecule has 2 rings (SSSR count). The Balaban J connectivity index is 1.50. The minimum absolute atomic E-state index is 0.0113. The largest absolute Gasteiger partial charge is 0.379 e. The SMILES string of the molecule is Cc1ccc(C(=O)NCCCOCC2CCCO2)s1. The highest BCUT2D eigenvalue weighted by Crippen LogP contribution is 2.14. The van der Waals surface area contributed by atoms with Crippen LogP contribution in [0.15, 0.2) is 12.1 Å². The van der Waals surface area contributed by atoms with Gasteiger partial charge in [-0.25, -0.2) is 0 Å². The van der Waals surface area contributed by atoms with Crippen LogP contribution in [-0.4, -0.2) is 38.4 Å². The third-order valence-corrected chi connectivity index (χ3v) is 4.04. The van der Waals surface area contributed by atoms with Crippen molar-refractivity contribution < 1.29 is 14.3 Å². The number of amides is 1. The lowest BCUT2D eigenvalue weighted by Gasteiger charge is -2.10. The Bertz CT molecular complexity index is 399. The van der Waals surface area contributed by atoms with Crippen LogP contribution < -0.4 is 5.32 Å². The van der Waals surface area contributed by atoms with E-state index in [1.165, 1.54) is 11.3 Å². The van der Waals surface area contributed by atoms with E-state index in [2.05, 4.69) is 5.32 Å². The van der Waals surface area contributed by atoms with Crippen LogP contribution in [0.2, 0.25) is 0 Å². The second kappa shape index (κ2) is 7.62. The Morgan fingerprint density at radius 2 is 2.47 bits per heavy atom. The highest BCUT2D eigenvalue weighted by molar-refractivity contribution is 7.13. The quantitative estimate of drug-likeness (QED) is 0.782. The topological polar surface area (TPSA) is 47.6 Å². The van der Waals surface area contributed by atoms with Crippen LogP contribution in [0.25, 0.3) is 0 Å². The maximum Gasteiger partial charge on any atom is 0.261 e. The Labute approximate surface area is 118 Å². The van der Waals surface area contributed by atoms with Crippen molar-refractivity contribution in [3.05, 3.63) is 21.9 Å². The van der Waals surface area contributed by atoms with Gasteiger partial charge < -0.3 is 14.8 Å². The van der Waals surface area contributed by atoms with Crippen LogP contribution >= 0.6 is 11.3 Å². The molecule has 1 fully saturated rings. The molecule has 19 heavy (non-hydrogen) atoms. The van der Waals surface area contributed by atoms with Gasteiger partial charge >= 0.3 is 0 Å². The van der Waals surface area contributed by atoms with E-state index in [4.69, 9.17) is 9.47 Å². The predicted octanol–water partition coefficient (Wildman–Crippen LogP) is 2.37. The van der Waals surface area contributed by atoms with E-state index in [0.717, 1.165) is 35.6 Å². The Hall–Kier alpha value is -0.910. The maximum atomic E-state index is 11.7. The molecule has 0 aromatic carbocycles. The highest BCUT2D eigenvalue weighted by atomic mass is 32.1. The summed E-state index contributed by atoms with van der Waals surface area (Å²) in [6.07, 6.45) is 3.37. The summed E-state index contributed by atoms with van der Waals surface area (Å²) in [5.41, 5.74) is 0. The zero-order valence-corrected chi connectivity index (χ0v) is 12.1. The number of aryl methyl sites for hydroxylation is 1. The lowest BCUT2D eigenvalue weighted by molar-refractivity contribution is 0.0166. The summed E-state index contributed by atoms with van der Waals surface area (Å²) in [6, 6.07) is 3.83. The van der Waals surface area contributed by atoms with Crippen molar-refractivity contribution in [3.8, 4) is 0 Å². The first-order valence-corrected chi connectivity index (χ1v) is 7.61. The molecule has 0 radical (unpaired) electrons. The average Bonchev–Trinajstić information content (AvgIpc) is 3.04. The molecule has 1 aliphatic heterocycles. The lowest BCUT2D eigenvalue weighted by Crippen LogP contribution is -2.25. The van der Waals surface area contributed by atoms with E-state index in [1.807, 2.05) is 19.1 Å². The van der Waals surface area contributed by atoms with Gasteiger partial charge in [-0.05, 0) is 38.3 Å². The number of hydrogen-bond donors (Lipinski definition) is 1. The van der Waals surface area contributed by atoms with E-state index >= 15 is 0 Å². The van der Waals surface area contributed by atoms with Gasteiger partial charge in [0, 0.05) is 24.6 Å². The standard InChI is InChI=1S/C14H21NO3S/c1-11-5-6-13(19-11)14(16)15-7-3-8-17-10-12-4-2-9-18-12/h5-6,12H,2-4,7-10H2,1H3,(H,15,16). The molecule has 1 amide bonds. The lowest BCUT2D eigenvalue weighted by atomic mass is 10.2. The van der Waals surface area contributed by atoms with Gasteiger partial charge in [-0.1, -0.05) is 0 Å². The molecule has 0 bridgehead atoms. The highest BCUT2D eigenvalue weighted by Gasteiger charge is 2.14. The Kier molecular flexibility index (Phi) is 5.82. The fraction of sp³-hybridized carbons (Fsp3) is 0.643. The summed E-state index contributed by atoms with van der Waals surface area (Å²) >= 11 is 1.52. The molecule has 5 heteroatoms. The fourth-order valence-electron chi connectivity index (χ4n) is 2.01. The fourth-order valence-corrected chi connectivity index (χ4v) is 2.79. The minimum Gasteiger partial charge on any atom is -0.379 e. The Morgan fingerprint density at radius 3 is 3.16 bits per heavy atom. The zero-order valence-electron chi connectivity index (χ0n) is 11.3. The van der Waals surface area contributed by atoms with Gasteiger partial charge in [-0.15, -0.1) is 11.3 Å². The van der Waals surface area contributed by atoms with Gasteiger partial charge in [0.05, 0.1) is 17.6 Å². The number of rotatable bonds is 7. The molecule has 2 heterocycles. The van der Waals surface area contributed by atoms with Gasteiger partial charge in [-0.2, -0.15) is 0 Å². The molecular formula is C14H21NO3S. The van der Waals surface area contributed by atoms with Crippen molar-refractivity contribution in [1.82, 2.24) is 5.32 Å². The summed E-state index contributed by atoms with van der Waals surface area (Å²) < 4.78 is 11.0. The molecule has 1 atom stereocenters. The van der Waals surface area contributed by atoms with Crippen LogP contribution in [0.5, 0.6) is 0 Å². The molecule has 0 spiro atoms. The number of carbonyl (C=O) groups excluding carboxylic acids is 1. The molecule has 1 aromatic rings. The van der Waals surface area contributed by atoms with Crippen molar-refractivity contribution in [2.24, 2.45) is 0 Å². The normalized spacial score (nSPS) is 18.7. The number of ether oxygens (including phenoxy) is 2. The van der Waals surface area contributed by atoms with E-state index in [-0.39, 0.29) is 12.0 Å². The van der Waals surface area contributed by atoms with Crippen molar-refractivity contribution in [2.75, 3.05) is 26.4 Å². The summed E-state index contributed by atoms with van der Waals surface area (Å²) in [4.78, 5) is 13.7. The van der Waals surface area contributed by atoms with Gasteiger partial charge in [0.2, 0.25) is 0 Å². The van der Waals surface area contributed by atoms with E-state index in [0.29, 0.717) is 19.8 Å². The molecule has 1 saturated heterocycles. The average molecular weight is 283 g/mol. The summed E-state index contributed by atoms with van der Waals surface area (Å²) in [5.74, 6) is 0.0113. The van der Waals surface area contributed by atoms with Gasteiger partial charge in [0.25, 0.3) is 5.91 Å². The van der Waals surface area contributed by atoms with Gasteiger partial charge in [-0.3, -0.25) is 4.79 Å². The van der Waals surface area contributed by atoms with Crippen molar-refractivity contribution in [2.45, 2.75) is 32.3 Å². The summed E-state index contributed by atoms with van der Waals surface area (Å²) in [6.45, 7) is 4.87. The van der Waals surface area contributed by atoms with Crippen LogP contribution in [0.1, 0.15) is 33.8 Å². The van der Waals surface area contributed by atoms with E-state index < -0.39 is 0 Å². The number of hydrogen-bond acceptors (Lipinski definition) is 4. The summed E-state index contributed by atoms with van der Waals surface area (Å²) in [5, 5.41) is 2.90. The van der Waals surface area contributed by atoms with Gasteiger partial charge in [0.15, 0.2) is 0 Å². The van der Waals surface area contributed by atoms with Gasteiger partial charge in [0.1, 0.15) is 0 Å². The maximum absolute atomic E-state index is 11.7. The Morgan fingerprint density at radius 1 is 1.58 bits per heavy atom. The molecular weight excluding hydrogens is 262 g/mol. The number of nitrogens with one attached hydrogen (secondary N) is 1. The van der Waals surface area contributed by atoms with Crippen LogP contribution in [0, 0.1) is 6.92 Å².